The number of aliphatic hydroxyl groups is 1. The summed E-state index contributed by atoms with van der Waals surface area (Å²) < 4.78 is 5.52. The van der Waals surface area contributed by atoms with Gasteiger partial charge in [0.15, 0.2) is 5.13 Å². The summed E-state index contributed by atoms with van der Waals surface area (Å²) in [5, 5.41) is 10.4. The molecule has 1 aliphatic heterocycles. The van der Waals surface area contributed by atoms with Crippen LogP contribution in [0.15, 0.2) is 0 Å². The van der Waals surface area contributed by atoms with Crippen LogP contribution in [0.25, 0.3) is 0 Å². The molecule has 0 aromatic carbocycles. The quantitative estimate of drug-likeness (QED) is 0.871. The summed E-state index contributed by atoms with van der Waals surface area (Å²) in [6.45, 7) is 5.01. The molecule has 0 spiro atoms. The van der Waals surface area contributed by atoms with E-state index in [-0.39, 0.29) is 6.61 Å². The lowest BCUT2D eigenvalue weighted by molar-refractivity contribution is 0.0576. The summed E-state index contributed by atoms with van der Waals surface area (Å²) in [4.78, 5) is 7.91. The Hall–Kier alpha value is -0.650. The van der Waals surface area contributed by atoms with Crippen molar-refractivity contribution >= 4 is 16.5 Å². The predicted molar refractivity (Wildman–Crippen MR) is 78.8 cm³/mol. The van der Waals surface area contributed by atoms with E-state index in [0.717, 1.165) is 48.3 Å². The van der Waals surface area contributed by atoms with E-state index < -0.39 is 0 Å². The Balaban J connectivity index is 1.99. The first kappa shape index (κ1) is 14.8. The van der Waals surface area contributed by atoms with Crippen LogP contribution < -0.4 is 4.90 Å². The fourth-order valence-electron chi connectivity index (χ4n) is 2.51. The summed E-state index contributed by atoms with van der Waals surface area (Å²) in [5.41, 5.74) is 1.07. The largest absolute Gasteiger partial charge is 0.391 e. The molecule has 0 saturated carbocycles. The lowest BCUT2D eigenvalue weighted by atomic mass is 10.0. The molecule has 1 aliphatic rings. The van der Waals surface area contributed by atoms with Crippen molar-refractivity contribution in [2.45, 2.75) is 39.2 Å². The molecule has 1 fully saturated rings. The van der Waals surface area contributed by atoms with Crippen molar-refractivity contribution in [2.75, 3.05) is 31.7 Å². The maximum absolute atomic E-state index is 9.39. The third kappa shape index (κ3) is 3.91. The molecular weight excluding hydrogens is 260 g/mol. The molecular formula is C14H24N2O2S. The van der Waals surface area contributed by atoms with Gasteiger partial charge in [0.05, 0.1) is 23.8 Å². The zero-order chi connectivity index (χ0) is 13.7. The molecule has 0 bridgehead atoms. The maximum Gasteiger partial charge on any atom is 0.185 e. The van der Waals surface area contributed by atoms with Crippen LogP contribution in [0, 0.1) is 5.92 Å². The van der Waals surface area contributed by atoms with Gasteiger partial charge in [-0.15, -0.1) is 0 Å². The van der Waals surface area contributed by atoms with Crippen LogP contribution in [0.1, 0.15) is 36.8 Å². The van der Waals surface area contributed by atoms with E-state index in [9.17, 15) is 5.11 Å². The Morgan fingerprint density at radius 3 is 3.00 bits per heavy atom. The van der Waals surface area contributed by atoms with Gasteiger partial charge in [-0.05, 0) is 25.2 Å². The molecule has 1 aromatic heterocycles. The average Bonchev–Trinajstić information content (AvgIpc) is 2.83. The van der Waals surface area contributed by atoms with Gasteiger partial charge < -0.3 is 14.7 Å². The summed E-state index contributed by atoms with van der Waals surface area (Å²) in [6.07, 6.45) is 4.42. The van der Waals surface area contributed by atoms with Gasteiger partial charge in [0.1, 0.15) is 0 Å². The van der Waals surface area contributed by atoms with Crippen LogP contribution in [-0.2, 0) is 17.8 Å². The molecule has 108 valence electrons. The first-order valence-corrected chi connectivity index (χ1v) is 7.94. The smallest absolute Gasteiger partial charge is 0.185 e. The number of nitrogens with zero attached hydrogens (tertiary/aromatic N) is 2. The second-order valence-electron chi connectivity index (χ2n) is 5.24. The number of ether oxygens (including phenoxy) is 1. The Labute approximate surface area is 119 Å². The highest BCUT2D eigenvalue weighted by Gasteiger charge is 2.19. The van der Waals surface area contributed by atoms with Crippen LogP contribution in [0.3, 0.4) is 0 Å². The lowest BCUT2D eigenvalue weighted by Crippen LogP contribution is -2.30. The van der Waals surface area contributed by atoms with E-state index in [4.69, 9.17) is 4.74 Å². The summed E-state index contributed by atoms with van der Waals surface area (Å²) in [5.74, 6) is 0.606. The molecule has 0 radical (unpaired) electrons. The Morgan fingerprint density at radius 2 is 2.37 bits per heavy atom. The number of rotatable bonds is 6. The van der Waals surface area contributed by atoms with Gasteiger partial charge in [-0.3, -0.25) is 0 Å². The minimum atomic E-state index is 0.105. The minimum Gasteiger partial charge on any atom is -0.391 e. The molecule has 0 amide bonds. The number of hydrogen-bond acceptors (Lipinski definition) is 5. The molecule has 19 heavy (non-hydrogen) atoms. The number of hydrogen-bond donors (Lipinski definition) is 1. The highest BCUT2D eigenvalue weighted by molar-refractivity contribution is 7.15. The zero-order valence-electron chi connectivity index (χ0n) is 11.9. The molecule has 1 atom stereocenters. The highest BCUT2D eigenvalue weighted by atomic mass is 32.1. The summed E-state index contributed by atoms with van der Waals surface area (Å²) in [6, 6.07) is 0. The van der Waals surface area contributed by atoms with Crippen molar-refractivity contribution in [1.29, 1.82) is 0 Å². The summed E-state index contributed by atoms with van der Waals surface area (Å²) in [7, 11) is 2.09. The van der Waals surface area contributed by atoms with Crippen LogP contribution in [0.5, 0.6) is 0 Å². The second-order valence-corrected chi connectivity index (χ2v) is 6.30. The molecule has 4 nitrogen and oxygen atoms in total. The first-order valence-electron chi connectivity index (χ1n) is 7.13. The standard InChI is InChI=1S/C14H24N2O2S/c1-3-5-12-13(9-17)19-14(15-12)16(2)8-11-6-4-7-18-10-11/h11,17H,3-10H2,1-2H3. The monoisotopic (exact) mass is 284 g/mol. The van der Waals surface area contributed by atoms with Crippen LogP contribution in [0.2, 0.25) is 0 Å². The SMILES string of the molecule is CCCc1nc(N(C)CC2CCCOC2)sc1CO. The molecule has 1 N–H and O–H groups in total. The van der Waals surface area contributed by atoms with E-state index in [0.29, 0.717) is 5.92 Å². The molecule has 1 aromatic rings. The Kier molecular flexibility index (Phi) is 5.60. The van der Waals surface area contributed by atoms with Crippen molar-refractivity contribution in [1.82, 2.24) is 4.98 Å². The van der Waals surface area contributed by atoms with E-state index in [1.807, 2.05) is 0 Å². The number of aromatic nitrogens is 1. The normalized spacial score (nSPS) is 19.6. The van der Waals surface area contributed by atoms with Crippen molar-refractivity contribution in [2.24, 2.45) is 5.92 Å². The Morgan fingerprint density at radius 1 is 1.53 bits per heavy atom. The van der Waals surface area contributed by atoms with E-state index in [1.165, 1.54) is 12.8 Å². The van der Waals surface area contributed by atoms with Gasteiger partial charge in [0, 0.05) is 20.2 Å². The van der Waals surface area contributed by atoms with Gasteiger partial charge in [-0.2, -0.15) is 0 Å². The number of aliphatic hydroxyl groups excluding tert-OH is 1. The highest BCUT2D eigenvalue weighted by Crippen LogP contribution is 2.28. The maximum atomic E-state index is 9.39. The molecule has 5 heteroatoms. The fourth-order valence-corrected chi connectivity index (χ4v) is 3.44. The van der Waals surface area contributed by atoms with Crippen LogP contribution in [0.4, 0.5) is 5.13 Å². The van der Waals surface area contributed by atoms with Gasteiger partial charge >= 0.3 is 0 Å². The van der Waals surface area contributed by atoms with Gasteiger partial charge in [0.25, 0.3) is 0 Å². The molecule has 1 unspecified atom stereocenters. The van der Waals surface area contributed by atoms with Gasteiger partial charge in [-0.1, -0.05) is 24.7 Å². The average molecular weight is 284 g/mol. The minimum absolute atomic E-state index is 0.105. The zero-order valence-corrected chi connectivity index (χ0v) is 12.7. The Bertz CT molecular complexity index is 389. The second kappa shape index (κ2) is 7.22. The predicted octanol–water partition coefficient (Wildman–Crippen LogP) is 2.45. The van der Waals surface area contributed by atoms with Gasteiger partial charge in [-0.25, -0.2) is 4.98 Å². The van der Waals surface area contributed by atoms with Crippen molar-refractivity contribution in [3.05, 3.63) is 10.6 Å². The van der Waals surface area contributed by atoms with Crippen molar-refractivity contribution in [3.8, 4) is 0 Å². The van der Waals surface area contributed by atoms with E-state index >= 15 is 0 Å². The van der Waals surface area contributed by atoms with Crippen LogP contribution in [-0.4, -0.2) is 36.9 Å². The first-order chi connectivity index (χ1) is 9.24. The third-order valence-corrected chi connectivity index (χ3v) is 4.71. The fraction of sp³-hybridized carbons (Fsp3) is 0.786. The molecule has 0 aliphatic carbocycles. The van der Waals surface area contributed by atoms with Crippen LogP contribution >= 0.6 is 11.3 Å². The molecule has 2 heterocycles. The number of aryl methyl sites for hydroxylation is 1. The summed E-state index contributed by atoms with van der Waals surface area (Å²) >= 11 is 1.62. The van der Waals surface area contributed by atoms with E-state index in [1.54, 1.807) is 11.3 Å². The number of anilines is 1. The van der Waals surface area contributed by atoms with Crippen molar-refractivity contribution in [3.63, 3.8) is 0 Å². The number of thiazole rings is 1. The lowest BCUT2D eigenvalue weighted by Gasteiger charge is -2.26. The molecule has 2 rings (SSSR count). The molecule has 1 saturated heterocycles. The topological polar surface area (TPSA) is 45.6 Å². The van der Waals surface area contributed by atoms with Crippen molar-refractivity contribution < 1.29 is 9.84 Å². The van der Waals surface area contributed by atoms with E-state index in [2.05, 4.69) is 23.9 Å². The van der Waals surface area contributed by atoms with Gasteiger partial charge in [0.2, 0.25) is 0 Å². The third-order valence-electron chi connectivity index (χ3n) is 3.51.